The third kappa shape index (κ3) is 2.37. The summed E-state index contributed by atoms with van der Waals surface area (Å²) in [6, 6.07) is 5.65. The van der Waals surface area contributed by atoms with Gasteiger partial charge in [0.2, 0.25) is 0 Å². The van der Waals surface area contributed by atoms with Crippen molar-refractivity contribution in [2.24, 2.45) is 0 Å². The van der Waals surface area contributed by atoms with Crippen LogP contribution in [-0.4, -0.2) is 25.9 Å². The molecule has 1 saturated carbocycles. The lowest BCUT2D eigenvalue weighted by Gasteiger charge is -2.37. The molecular formula is C15H19FO3S. The molecule has 0 N–H and O–H groups in total. The third-order valence-electron chi connectivity index (χ3n) is 4.54. The first-order valence-electron chi connectivity index (χ1n) is 7.16. The van der Waals surface area contributed by atoms with Gasteiger partial charge in [-0.15, -0.1) is 0 Å². The predicted molar refractivity (Wildman–Crippen MR) is 73.8 cm³/mol. The number of ether oxygens (including phenoxy) is 1. The van der Waals surface area contributed by atoms with Crippen LogP contribution in [0.1, 0.15) is 38.5 Å². The van der Waals surface area contributed by atoms with E-state index in [-0.39, 0.29) is 10.5 Å². The topological polar surface area (TPSA) is 43.4 Å². The van der Waals surface area contributed by atoms with Gasteiger partial charge in [0, 0.05) is 6.61 Å². The Hall–Kier alpha value is -0.940. The van der Waals surface area contributed by atoms with Crippen molar-refractivity contribution in [3.8, 4) is 0 Å². The van der Waals surface area contributed by atoms with E-state index in [1.165, 1.54) is 18.2 Å². The molecule has 0 amide bonds. The second-order valence-electron chi connectivity index (χ2n) is 5.83. The van der Waals surface area contributed by atoms with Gasteiger partial charge in [-0.05, 0) is 37.8 Å². The molecule has 1 spiro atoms. The van der Waals surface area contributed by atoms with E-state index in [4.69, 9.17) is 4.74 Å². The molecule has 1 heterocycles. The summed E-state index contributed by atoms with van der Waals surface area (Å²) in [6.07, 6.45) is 4.99. The van der Waals surface area contributed by atoms with Gasteiger partial charge in [-0.1, -0.05) is 25.0 Å². The van der Waals surface area contributed by atoms with Crippen molar-refractivity contribution in [3.63, 3.8) is 0 Å². The highest BCUT2D eigenvalue weighted by atomic mass is 32.2. The van der Waals surface area contributed by atoms with Crippen LogP contribution in [0.4, 0.5) is 4.39 Å². The van der Waals surface area contributed by atoms with Crippen LogP contribution in [0.2, 0.25) is 0 Å². The third-order valence-corrected chi connectivity index (χ3v) is 6.77. The maximum atomic E-state index is 13.8. The lowest BCUT2D eigenvalue weighted by atomic mass is 9.92. The second kappa shape index (κ2) is 5.11. The van der Waals surface area contributed by atoms with Crippen LogP contribution in [0.15, 0.2) is 29.2 Å². The van der Waals surface area contributed by atoms with Crippen LogP contribution in [0.25, 0.3) is 0 Å². The fraction of sp³-hybridized carbons (Fsp3) is 0.600. The van der Waals surface area contributed by atoms with Gasteiger partial charge in [0.05, 0.1) is 10.9 Å². The first-order valence-corrected chi connectivity index (χ1v) is 8.71. The molecule has 5 heteroatoms. The highest BCUT2D eigenvalue weighted by Gasteiger charge is 2.44. The van der Waals surface area contributed by atoms with Gasteiger partial charge < -0.3 is 4.74 Å². The van der Waals surface area contributed by atoms with E-state index < -0.39 is 20.9 Å². The molecule has 0 aromatic heterocycles. The van der Waals surface area contributed by atoms with E-state index in [0.29, 0.717) is 19.4 Å². The number of benzene rings is 1. The van der Waals surface area contributed by atoms with Crippen molar-refractivity contribution in [1.29, 1.82) is 0 Å². The number of hydrogen-bond acceptors (Lipinski definition) is 3. The molecule has 3 nitrogen and oxygen atoms in total. The zero-order valence-electron chi connectivity index (χ0n) is 11.3. The number of sulfone groups is 1. The zero-order chi connectivity index (χ0) is 14.2. The highest BCUT2D eigenvalue weighted by Crippen LogP contribution is 2.42. The molecule has 1 aromatic carbocycles. The second-order valence-corrected chi connectivity index (χ2v) is 8.03. The predicted octanol–water partition coefficient (Wildman–Crippen LogP) is 3.09. The Morgan fingerprint density at radius 3 is 2.60 bits per heavy atom. The first kappa shape index (κ1) is 14.0. The Kier molecular flexibility index (Phi) is 3.58. The summed E-state index contributed by atoms with van der Waals surface area (Å²) in [5.74, 6) is -0.653. The molecule has 1 saturated heterocycles. The van der Waals surface area contributed by atoms with Crippen LogP contribution < -0.4 is 0 Å². The first-order chi connectivity index (χ1) is 9.54. The Labute approximate surface area is 119 Å². The standard InChI is InChI=1S/C15H19FO3S/c16-13-5-1-2-6-14(13)20(17,18)12-7-10-19-15(11-12)8-3-4-9-15/h1-2,5-6,12H,3-4,7-11H2. The maximum Gasteiger partial charge on any atom is 0.184 e. The minimum Gasteiger partial charge on any atom is -0.375 e. The smallest absolute Gasteiger partial charge is 0.184 e. The Morgan fingerprint density at radius 1 is 1.20 bits per heavy atom. The zero-order valence-corrected chi connectivity index (χ0v) is 12.2. The van der Waals surface area contributed by atoms with Crippen molar-refractivity contribution in [1.82, 2.24) is 0 Å². The molecule has 1 atom stereocenters. The normalized spacial score (nSPS) is 25.9. The summed E-state index contributed by atoms with van der Waals surface area (Å²) in [4.78, 5) is -0.167. The molecule has 1 aliphatic heterocycles. The molecule has 1 aliphatic carbocycles. The molecule has 1 unspecified atom stereocenters. The van der Waals surface area contributed by atoms with Gasteiger partial charge in [0.15, 0.2) is 9.84 Å². The van der Waals surface area contributed by atoms with Gasteiger partial charge in [-0.2, -0.15) is 0 Å². The summed E-state index contributed by atoms with van der Waals surface area (Å²) < 4.78 is 45.0. The molecule has 2 aliphatic rings. The summed E-state index contributed by atoms with van der Waals surface area (Å²) in [7, 11) is -3.61. The fourth-order valence-corrected chi connectivity index (χ4v) is 5.37. The van der Waals surface area contributed by atoms with Gasteiger partial charge in [0.1, 0.15) is 10.7 Å². The van der Waals surface area contributed by atoms with Crippen LogP contribution >= 0.6 is 0 Å². The number of hydrogen-bond donors (Lipinski definition) is 0. The average Bonchev–Trinajstić information content (AvgIpc) is 2.87. The molecule has 1 aromatic rings. The van der Waals surface area contributed by atoms with E-state index in [0.717, 1.165) is 25.7 Å². The van der Waals surface area contributed by atoms with Crippen molar-refractivity contribution in [2.75, 3.05) is 6.61 Å². The van der Waals surface area contributed by atoms with Gasteiger partial charge in [-0.25, -0.2) is 12.8 Å². The molecule has 20 heavy (non-hydrogen) atoms. The van der Waals surface area contributed by atoms with E-state index in [9.17, 15) is 12.8 Å². The molecular weight excluding hydrogens is 279 g/mol. The SMILES string of the molecule is O=S(=O)(c1ccccc1F)C1CCOC2(CCCC2)C1. The molecule has 0 radical (unpaired) electrons. The maximum absolute atomic E-state index is 13.8. The molecule has 3 rings (SSSR count). The van der Waals surface area contributed by atoms with E-state index in [1.54, 1.807) is 6.07 Å². The number of rotatable bonds is 2. The minimum atomic E-state index is -3.61. The van der Waals surface area contributed by atoms with Gasteiger partial charge in [0.25, 0.3) is 0 Å². The van der Waals surface area contributed by atoms with Gasteiger partial charge >= 0.3 is 0 Å². The summed E-state index contributed by atoms with van der Waals surface area (Å²) in [5, 5.41) is -0.522. The lowest BCUT2D eigenvalue weighted by Crippen LogP contribution is -2.42. The molecule has 0 bridgehead atoms. The summed E-state index contributed by atoms with van der Waals surface area (Å²) in [5.41, 5.74) is -0.277. The largest absolute Gasteiger partial charge is 0.375 e. The van der Waals surface area contributed by atoms with Crippen LogP contribution in [0, 0.1) is 5.82 Å². The van der Waals surface area contributed by atoms with Crippen molar-refractivity contribution < 1.29 is 17.5 Å². The Bertz CT molecular complexity index is 591. The summed E-state index contributed by atoms with van der Waals surface area (Å²) >= 11 is 0. The van der Waals surface area contributed by atoms with E-state index >= 15 is 0 Å². The molecule has 110 valence electrons. The van der Waals surface area contributed by atoms with Crippen LogP contribution in [0.5, 0.6) is 0 Å². The van der Waals surface area contributed by atoms with Crippen molar-refractivity contribution in [2.45, 2.75) is 54.3 Å². The van der Waals surface area contributed by atoms with Crippen molar-refractivity contribution >= 4 is 9.84 Å². The van der Waals surface area contributed by atoms with E-state index in [1.807, 2.05) is 0 Å². The lowest BCUT2D eigenvalue weighted by molar-refractivity contribution is -0.0713. The monoisotopic (exact) mass is 298 g/mol. The van der Waals surface area contributed by atoms with Crippen molar-refractivity contribution in [3.05, 3.63) is 30.1 Å². The summed E-state index contributed by atoms with van der Waals surface area (Å²) in [6.45, 7) is 0.457. The minimum absolute atomic E-state index is 0.167. The van der Waals surface area contributed by atoms with Crippen LogP contribution in [-0.2, 0) is 14.6 Å². The fourth-order valence-electron chi connectivity index (χ4n) is 3.47. The van der Waals surface area contributed by atoms with E-state index in [2.05, 4.69) is 0 Å². The van der Waals surface area contributed by atoms with Gasteiger partial charge in [-0.3, -0.25) is 0 Å². The average molecular weight is 298 g/mol. The number of halogens is 1. The highest BCUT2D eigenvalue weighted by molar-refractivity contribution is 7.92. The Morgan fingerprint density at radius 2 is 1.90 bits per heavy atom. The van der Waals surface area contributed by atoms with Crippen LogP contribution in [0.3, 0.4) is 0 Å². The molecule has 2 fully saturated rings. The quantitative estimate of drug-likeness (QED) is 0.842. The Balaban J connectivity index is 1.90.